The molecule has 1 aliphatic heterocycles. The number of nitrogens with zero attached hydrogens (tertiary/aromatic N) is 3. The fraction of sp³-hybridized carbons (Fsp3) is 0.357. The van der Waals surface area contributed by atoms with Crippen molar-refractivity contribution in [2.75, 3.05) is 26.2 Å². The summed E-state index contributed by atoms with van der Waals surface area (Å²) in [5.41, 5.74) is 8.32. The molecule has 0 fully saturated rings. The first-order chi connectivity index (χ1) is 15.6. The van der Waals surface area contributed by atoms with E-state index in [1.54, 1.807) is 0 Å². The highest BCUT2D eigenvalue weighted by Gasteiger charge is 2.25. The number of aryl methyl sites for hydroxylation is 1. The lowest BCUT2D eigenvalue weighted by molar-refractivity contribution is 0.0994. The summed E-state index contributed by atoms with van der Waals surface area (Å²) in [6, 6.07) is 11.0. The number of aromatic nitrogens is 1. The average molecular weight is 426 g/mol. The van der Waals surface area contributed by atoms with E-state index in [-0.39, 0.29) is 5.78 Å². The summed E-state index contributed by atoms with van der Waals surface area (Å²) < 4.78 is 2.46. The van der Waals surface area contributed by atoms with Crippen molar-refractivity contribution in [1.29, 1.82) is 0 Å². The van der Waals surface area contributed by atoms with Crippen LogP contribution in [0.3, 0.4) is 0 Å². The molecular weight excluding hydrogens is 394 g/mol. The minimum absolute atomic E-state index is 0.281. The van der Waals surface area contributed by atoms with Crippen LogP contribution >= 0.6 is 0 Å². The molecule has 164 valence electrons. The summed E-state index contributed by atoms with van der Waals surface area (Å²) in [5, 5.41) is 2.53. The van der Waals surface area contributed by atoms with E-state index in [9.17, 15) is 4.79 Å². The Kier molecular flexibility index (Phi) is 5.56. The zero-order valence-corrected chi connectivity index (χ0v) is 19.3. The van der Waals surface area contributed by atoms with Gasteiger partial charge in [0.05, 0.1) is 6.54 Å². The lowest BCUT2D eigenvalue weighted by Crippen LogP contribution is -2.26. The fourth-order valence-electron chi connectivity index (χ4n) is 5.23. The van der Waals surface area contributed by atoms with E-state index in [0.717, 1.165) is 44.7 Å². The second kappa shape index (κ2) is 8.51. The number of fused-ring (bicyclic) bond motifs is 5. The van der Waals surface area contributed by atoms with Crippen molar-refractivity contribution in [3.63, 3.8) is 0 Å². The predicted molar refractivity (Wildman–Crippen MR) is 135 cm³/mol. The minimum Gasteiger partial charge on any atom is -0.339 e. The molecule has 0 bridgehead atoms. The Bertz CT molecular complexity index is 1300. The number of likely N-dealkylation sites (N-methyl/N-ethyl adjacent to an activating group) is 1. The van der Waals surface area contributed by atoms with Crippen LogP contribution in [0.1, 0.15) is 48.7 Å². The number of carbonyl (C=O) groups excluding carboxylic acids is 1. The van der Waals surface area contributed by atoms with Gasteiger partial charge in [0.1, 0.15) is 0 Å². The number of Topliss-reactive ketones (excluding diaryl/α,β-unsaturated/α-hetero) is 1. The second-order valence-electron chi connectivity index (χ2n) is 8.92. The summed E-state index contributed by atoms with van der Waals surface area (Å²) >= 11 is 0. The van der Waals surface area contributed by atoms with Gasteiger partial charge < -0.3 is 9.47 Å². The number of allylic oxidation sites excluding steroid dienone is 3. The van der Waals surface area contributed by atoms with E-state index >= 15 is 0 Å². The van der Waals surface area contributed by atoms with Gasteiger partial charge in [-0.15, -0.1) is 0 Å². The molecule has 1 aromatic heterocycles. The fourth-order valence-corrected chi connectivity index (χ4v) is 5.23. The Morgan fingerprint density at radius 3 is 2.69 bits per heavy atom. The standard InChI is InChI=1S/C28H31N3O/c1-4-30(5-2)14-15-31-25-9-6-20(21-12-13-29-18-19(3)16-21)17-24(25)28-23-8-11-27(32)22(23)7-10-26(28)31/h6-7,9-10,12-13,16-17H,4-5,8,11,14-15,18H2,1-3H3. The van der Waals surface area contributed by atoms with Crippen LogP contribution in [0.4, 0.5) is 0 Å². The maximum atomic E-state index is 12.5. The molecule has 0 atom stereocenters. The van der Waals surface area contributed by atoms with Crippen LogP contribution in [0.25, 0.3) is 27.4 Å². The third-order valence-electron chi connectivity index (χ3n) is 7.01. The van der Waals surface area contributed by atoms with Gasteiger partial charge >= 0.3 is 0 Å². The van der Waals surface area contributed by atoms with Gasteiger partial charge in [-0.1, -0.05) is 31.6 Å². The Hall–Kier alpha value is -2.98. The molecule has 0 saturated carbocycles. The molecule has 2 aliphatic rings. The number of hydrogen-bond acceptors (Lipinski definition) is 3. The molecule has 1 aliphatic carbocycles. The molecule has 5 rings (SSSR count). The predicted octanol–water partition coefficient (Wildman–Crippen LogP) is 5.68. The smallest absolute Gasteiger partial charge is 0.163 e. The van der Waals surface area contributed by atoms with Crippen molar-refractivity contribution in [3.8, 4) is 0 Å². The third-order valence-corrected chi connectivity index (χ3v) is 7.01. The summed E-state index contributed by atoms with van der Waals surface area (Å²) in [6.45, 7) is 11.4. The second-order valence-corrected chi connectivity index (χ2v) is 8.92. The lowest BCUT2D eigenvalue weighted by atomic mass is 9.98. The third kappa shape index (κ3) is 3.53. The highest BCUT2D eigenvalue weighted by molar-refractivity contribution is 6.15. The van der Waals surface area contributed by atoms with Gasteiger partial charge in [0.2, 0.25) is 0 Å². The maximum Gasteiger partial charge on any atom is 0.163 e. The van der Waals surface area contributed by atoms with Crippen molar-refractivity contribution >= 4 is 39.4 Å². The van der Waals surface area contributed by atoms with Crippen LogP contribution in [0.2, 0.25) is 0 Å². The SMILES string of the molecule is CCN(CC)CCn1c2ccc(C3=CC=NCC(C)=C3)cc2c2c3c(ccc21)C(=O)CC3. The van der Waals surface area contributed by atoms with Gasteiger partial charge in [-0.05, 0) is 73.5 Å². The van der Waals surface area contributed by atoms with Gasteiger partial charge in [0.25, 0.3) is 0 Å². The number of benzene rings is 2. The number of aliphatic imine (C=N–C) groups is 1. The van der Waals surface area contributed by atoms with Gasteiger partial charge in [0, 0.05) is 53.1 Å². The van der Waals surface area contributed by atoms with Crippen molar-refractivity contribution in [3.05, 3.63) is 64.7 Å². The molecule has 4 nitrogen and oxygen atoms in total. The van der Waals surface area contributed by atoms with Crippen LogP contribution in [0, 0.1) is 0 Å². The summed E-state index contributed by atoms with van der Waals surface area (Å²) in [5.74, 6) is 0.281. The molecule has 0 unspecified atom stereocenters. The highest BCUT2D eigenvalue weighted by atomic mass is 16.1. The number of rotatable bonds is 6. The molecule has 32 heavy (non-hydrogen) atoms. The normalized spacial score (nSPS) is 16.1. The van der Waals surface area contributed by atoms with Crippen LogP contribution in [0.5, 0.6) is 0 Å². The number of carbonyl (C=O) groups is 1. The zero-order chi connectivity index (χ0) is 22.2. The molecule has 0 N–H and O–H groups in total. The zero-order valence-electron chi connectivity index (χ0n) is 19.3. The quantitative estimate of drug-likeness (QED) is 0.510. The summed E-state index contributed by atoms with van der Waals surface area (Å²) in [7, 11) is 0. The maximum absolute atomic E-state index is 12.5. The van der Waals surface area contributed by atoms with E-state index < -0.39 is 0 Å². The van der Waals surface area contributed by atoms with Crippen molar-refractivity contribution in [2.24, 2.45) is 4.99 Å². The molecule has 2 heterocycles. The monoisotopic (exact) mass is 425 g/mol. The molecule has 0 amide bonds. The first-order valence-electron chi connectivity index (χ1n) is 11.8. The first-order valence-corrected chi connectivity index (χ1v) is 11.8. The Balaban J connectivity index is 1.72. The van der Waals surface area contributed by atoms with Gasteiger partial charge in [-0.3, -0.25) is 9.79 Å². The van der Waals surface area contributed by atoms with E-state index in [2.05, 4.69) is 77.7 Å². The first kappa shape index (κ1) is 20.9. The minimum atomic E-state index is 0.281. The van der Waals surface area contributed by atoms with E-state index in [1.807, 2.05) is 6.21 Å². The van der Waals surface area contributed by atoms with Gasteiger partial charge in [-0.25, -0.2) is 0 Å². The topological polar surface area (TPSA) is 37.6 Å². The van der Waals surface area contributed by atoms with Crippen LogP contribution < -0.4 is 0 Å². The van der Waals surface area contributed by atoms with Crippen molar-refractivity contribution in [1.82, 2.24) is 9.47 Å². The largest absolute Gasteiger partial charge is 0.339 e. The molecular formula is C28H31N3O. The Morgan fingerprint density at radius 2 is 1.88 bits per heavy atom. The van der Waals surface area contributed by atoms with E-state index in [4.69, 9.17) is 0 Å². The van der Waals surface area contributed by atoms with Crippen molar-refractivity contribution < 1.29 is 4.79 Å². The van der Waals surface area contributed by atoms with E-state index in [1.165, 1.54) is 44.1 Å². The molecule has 4 heteroatoms. The van der Waals surface area contributed by atoms with Gasteiger partial charge in [-0.2, -0.15) is 0 Å². The van der Waals surface area contributed by atoms with Crippen LogP contribution in [0.15, 0.2) is 53.0 Å². The molecule has 3 aromatic rings. The molecule has 0 radical (unpaired) electrons. The lowest BCUT2D eigenvalue weighted by Gasteiger charge is -2.19. The molecule has 2 aromatic carbocycles. The molecule has 0 saturated heterocycles. The highest BCUT2D eigenvalue weighted by Crippen LogP contribution is 2.38. The number of hydrogen-bond donors (Lipinski definition) is 0. The van der Waals surface area contributed by atoms with Crippen LogP contribution in [-0.2, 0) is 13.0 Å². The summed E-state index contributed by atoms with van der Waals surface area (Å²) in [6.07, 6.45) is 7.73. The summed E-state index contributed by atoms with van der Waals surface area (Å²) in [4.78, 5) is 19.4. The number of ketones is 1. The Labute approximate surface area is 189 Å². The molecule has 0 spiro atoms. The van der Waals surface area contributed by atoms with Gasteiger partial charge in [0.15, 0.2) is 5.78 Å². The average Bonchev–Trinajstić information content (AvgIpc) is 3.24. The van der Waals surface area contributed by atoms with Crippen molar-refractivity contribution in [2.45, 2.75) is 40.2 Å². The Morgan fingerprint density at radius 1 is 1.06 bits per heavy atom. The van der Waals surface area contributed by atoms with E-state index in [0.29, 0.717) is 6.42 Å². The van der Waals surface area contributed by atoms with Crippen LogP contribution in [-0.4, -0.2) is 47.6 Å².